The first kappa shape index (κ1) is 20.5. The third-order valence-electron chi connectivity index (χ3n) is 5.46. The highest BCUT2D eigenvalue weighted by Crippen LogP contribution is 2.56. The Morgan fingerprint density at radius 1 is 1.03 bits per heavy atom. The third kappa shape index (κ3) is 5.03. The number of esters is 1. The van der Waals surface area contributed by atoms with E-state index < -0.39 is 5.79 Å². The van der Waals surface area contributed by atoms with E-state index in [0.29, 0.717) is 13.0 Å². The van der Waals surface area contributed by atoms with Gasteiger partial charge in [0.05, 0.1) is 6.61 Å². The van der Waals surface area contributed by atoms with E-state index in [-0.39, 0.29) is 29.2 Å². The van der Waals surface area contributed by atoms with Gasteiger partial charge in [0.1, 0.15) is 12.7 Å². The Bertz CT molecular complexity index is 748. The van der Waals surface area contributed by atoms with Gasteiger partial charge in [0, 0.05) is 29.8 Å². The number of hydrogen-bond donors (Lipinski definition) is 0. The van der Waals surface area contributed by atoms with E-state index in [0.717, 1.165) is 19.3 Å². The van der Waals surface area contributed by atoms with Crippen molar-refractivity contribution in [3.8, 4) is 0 Å². The fraction of sp³-hybridized carbons (Fsp3) is 0.458. The van der Waals surface area contributed by atoms with Gasteiger partial charge < -0.3 is 14.2 Å². The monoisotopic (exact) mass is 412 g/mol. The molecule has 3 atom stereocenters. The number of thioether (sulfide) groups is 1. The summed E-state index contributed by atoms with van der Waals surface area (Å²) >= 11 is 1.98. The van der Waals surface area contributed by atoms with Crippen LogP contribution in [0.4, 0.5) is 0 Å². The fourth-order valence-corrected chi connectivity index (χ4v) is 5.77. The summed E-state index contributed by atoms with van der Waals surface area (Å²) in [5, 5.41) is 0.577. The van der Waals surface area contributed by atoms with E-state index in [2.05, 4.69) is 48.5 Å². The standard InChI is InChI=1S/C24H28O4S/c1-2-9-23(25)26-16-20-17-27-24(28-20)14-21(18-10-5-3-6-11-18)29-22(15-24)19-12-7-4-8-13-19/h3-8,10-13,20-22H,2,9,14-17H2,1H3. The van der Waals surface area contributed by atoms with Gasteiger partial charge in [-0.3, -0.25) is 4.79 Å². The lowest BCUT2D eigenvalue weighted by molar-refractivity contribution is -0.186. The van der Waals surface area contributed by atoms with Crippen LogP contribution in [0, 0.1) is 0 Å². The Balaban J connectivity index is 1.50. The molecule has 2 aromatic rings. The molecule has 2 aliphatic heterocycles. The lowest BCUT2D eigenvalue weighted by Crippen LogP contribution is -2.38. The van der Waals surface area contributed by atoms with E-state index in [9.17, 15) is 4.79 Å². The maximum Gasteiger partial charge on any atom is 0.305 e. The van der Waals surface area contributed by atoms with Crippen LogP contribution in [0.3, 0.4) is 0 Å². The van der Waals surface area contributed by atoms with E-state index in [1.165, 1.54) is 11.1 Å². The van der Waals surface area contributed by atoms with Crippen molar-refractivity contribution < 1.29 is 19.0 Å². The zero-order chi connectivity index (χ0) is 20.1. The molecular weight excluding hydrogens is 384 g/mol. The highest BCUT2D eigenvalue weighted by Gasteiger charge is 2.49. The van der Waals surface area contributed by atoms with Crippen molar-refractivity contribution in [1.82, 2.24) is 0 Å². The van der Waals surface area contributed by atoms with Crippen LogP contribution >= 0.6 is 11.8 Å². The highest BCUT2D eigenvalue weighted by atomic mass is 32.2. The molecule has 3 unspecified atom stereocenters. The van der Waals surface area contributed by atoms with Crippen LogP contribution in [0.15, 0.2) is 60.7 Å². The minimum atomic E-state index is -0.631. The summed E-state index contributed by atoms with van der Waals surface area (Å²) in [6, 6.07) is 21.1. The molecule has 4 nitrogen and oxygen atoms in total. The summed E-state index contributed by atoms with van der Waals surface area (Å²) in [6.45, 7) is 2.70. The van der Waals surface area contributed by atoms with Crippen LogP contribution in [-0.4, -0.2) is 31.1 Å². The van der Waals surface area contributed by atoms with Crippen LogP contribution in [0.1, 0.15) is 54.2 Å². The van der Waals surface area contributed by atoms with Crippen molar-refractivity contribution in [2.45, 2.75) is 55.0 Å². The smallest absolute Gasteiger partial charge is 0.305 e. The Morgan fingerprint density at radius 3 is 2.17 bits per heavy atom. The Kier molecular flexibility index (Phi) is 6.58. The number of carbonyl (C=O) groups excluding carboxylic acids is 1. The number of ether oxygens (including phenoxy) is 3. The molecule has 0 aromatic heterocycles. The van der Waals surface area contributed by atoms with E-state index in [1.807, 2.05) is 30.8 Å². The molecule has 154 valence electrons. The Hall–Kier alpha value is -1.82. The van der Waals surface area contributed by atoms with Gasteiger partial charge in [0.25, 0.3) is 0 Å². The minimum absolute atomic E-state index is 0.166. The molecular formula is C24H28O4S. The molecule has 0 N–H and O–H groups in total. The van der Waals surface area contributed by atoms with Crippen LogP contribution in [0.2, 0.25) is 0 Å². The van der Waals surface area contributed by atoms with Gasteiger partial charge in [-0.2, -0.15) is 0 Å². The molecule has 0 amide bonds. The molecule has 2 heterocycles. The number of benzene rings is 2. The third-order valence-corrected chi connectivity index (χ3v) is 7.00. The summed E-state index contributed by atoms with van der Waals surface area (Å²) in [5.74, 6) is -0.797. The number of rotatable bonds is 6. The maximum absolute atomic E-state index is 11.7. The highest BCUT2D eigenvalue weighted by molar-refractivity contribution is 7.99. The molecule has 4 rings (SSSR count). The second-order valence-corrected chi connectivity index (χ2v) is 9.15. The number of carbonyl (C=O) groups is 1. The van der Waals surface area contributed by atoms with Gasteiger partial charge in [0.15, 0.2) is 5.79 Å². The predicted octanol–water partition coefficient (Wildman–Crippen LogP) is 5.45. The van der Waals surface area contributed by atoms with Gasteiger partial charge in [-0.15, -0.1) is 11.8 Å². The normalized spacial score (nSPS) is 29.1. The van der Waals surface area contributed by atoms with E-state index in [1.54, 1.807) is 0 Å². The summed E-state index contributed by atoms with van der Waals surface area (Å²) in [4.78, 5) is 11.7. The molecule has 2 aliphatic rings. The second kappa shape index (κ2) is 9.33. The van der Waals surface area contributed by atoms with Crippen molar-refractivity contribution in [2.24, 2.45) is 0 Å². The maximum atomic E-state index is 11.7. The Morgan fingerprint density at radius 2 is 1.62 bits per heavy atom. The van der Waals surface area contributed by atoms with Crippen LogP contribution < -0.4 is 0 Å². The number of hydrogen-bond acceptors (Lipinski definition) is 5. The molecule has 0 radical (unpaired) electrons. The van der Waals surface area contributed by atoms with Gasteiger partial charge in [-0.05, 0) is 17.5 Å². The van der Waals surface area contributed by atoms with Gasteiger partial charge in [-0.1, -0.05) is 67.6 Å². The van der Waals surface area contributed by atoms with Gasteiger partial charge in [0.2, 0.25) is 0 Å². The molecule has 0 bridgehead atoms. The van der Waals surface area contributed by atoms with Crippen molar-refractivity contribution in [3.63, 3.8) is 0 Å². The lowest BCUT2D eigenvalue weighted by atomic mass is 9.96. The largest absolute Gasteiger partial charge is 0.463 e. The van der Waals surface area contributed by atoms with Crippen molar-refractivity contribution in [3.05, 3.63) is 71.8 Å². The first-order valence-corrected chi connectivity index (χ1v) is 11.3. The van der Waals surface area contributed by atoms with Gasteiger partial charge in [-0.25, -0.2) is 0 Å². The molecule has 2 saturated heterocycles. The summed E-state index contributed by atoms with van der Waals surface area (Å²) < 4.78 is 18.0. The average molecular weight is 413 g/mol. The second-order valence-electron chi connectivity index (χ2n) is 7.74. The molecule has 2 fully saturated rings. The van der Waals surface area contributed by atoms with Crippen molar-refractivity contribution in [1.29, 1.82) is 0 Å². The molecule has 2 aromatic carbocycles. The molecule has 29 heavy (non-hydrogen) atoms. The van der Waals surface area contributed by atoms with Crippen molar-refractivity contribution >= 4 is 17.7 Å². The minimum Gasteiger partial charge on any atom is -0.463 e. The zero-order valence-corrected chi connectivity index (χ0v) is 17.6. The van der Waals surface area contributed by atoms with E-state index >= 15 is 0 Å². The Labute approximate surface area is 176 Å². The topological polar surface area (TPSA) is 44.8 Å². The van der Waals surface area contributed by atoms with Crippen LogP contribution in [0.5, 0.6) is 0 Å². The van der Waals surface area contributed by atoms with Crippen molar-refractivity contribution in [2.75, 3.05) is 13.2 Å². The molecule has 5 heteroatoms. The van der Waals surface area contributed by atoms with Crippen LogP contribution in [0.25, 0.3) is 0 Å². The zero-order valence-electron chi connectivity index (χ0n) is 16.8. The summed E-state index contributed by atoms with van der Waals surface area (Å²) in [5.41, 5.74) is 2.59. The molecule has 0 saturated carbocycles. The van der Waals surface area contributed by atoms with Crippen LogP contribution in [-0.2, 0) is 19.0 Å². The first-order chi connectivity index (χ1) is 14.2. The van der Waals surface area contributed by atoms with Gasteiger partial charge >= 0.3 is 5.97 Å². The first-order valence-electron chi connectivity index (χ1n) is 10.4. The molecule has 1 spiro atoms. The fourth-order valence-electron chi connectivity index (χ4n) is 4.05. The lowest BCUT2D eigenvalue weighted by Gasteiger charge is -2.41. The molecule has 0 aliphatic carbocycles. The SMILES string of the molecule is CCCC(=O)OCC1COC2(CC(c3ccccc3)SC(c3ccccc3)C2)O1. The quantitative estimate of drug-likeness (QED) is 0.590. The summed E-state index contributed by atoms with van der Waals surface area (Å²) in [7, 11) is 0. The van der Waals surface area contributed by atoms with E-state index in [4.69, 9.17) is 14.2 Å². The summed E-state index contributed by atoms with van der Waals surface area (Å²) in [6.07, 6.45) is 2.63. The predicted molar refractivity (Wildman–Crippen MR) is 115 cm³/mol. The average Bonchev–Trinajstić information content (AvgIpc) is 3.15.